The van der Waals surface area contributed by atoms with Crippen LogP contribution in [0.3, 0.4) is 0 Å². The number of esters is 1. The van der Waals surface area contributed by atoms with Gasteiger partial charge in [0.1, 0.15) is 0 Å². The number of nitrogens with zero attached hydrogens (tertiary/aromatic N) is 1. The molecular formula is C16H30N2O3. The number of carbonyl (C=O) groups excluding carboxylic acids is 2. The largest absolute Gasteiger partial charge is 0.469 e. The van der Waals surface area contributed by atoms with Gasteiger partial charge in [-0.05, 0) is 26.7 Å². The van der Waals surface area contributed by atoms with Crippen molar-refractivity contribution in [2.24, 2.45) is 10.8 Å². The van der Waals surface area contributed by atoms with E-state index in [-0.39, 0.29) is 17.3 Å². The van der Waals surface area contributed by atoms with Crippen LogP contribution in [0.5, 0.6) is 0 Å². The maximum absolute atomic E-state index is 12.2. The van der Waals surface area contributed by atoms with Gasteiger partial charge in [-0.2, -0.15) is 0 Å². The molecule has 122 valence electrons. The van der Waals surface area contributed by atoms with Crippen LogP contribution in [0.25, 0.3) is 0 Å². The molecule has 0 saturated carbocycles. The second kappa shape index (κ2) is 6.77. The summed E-state index contributed by atoms with van der Waals surface area (Å²) >= 11 is 0. The minimum Gasteiger partial charge on any atom is -0.469 e. The van der Waals surface area contributed by atoms with Crippen LogP contribution < -0.4 is 5.32 Å². The van der Waals surface area contributed by atoms with Crippen molar-refractivity contribution < 1.29 is 14.3 Å². The molecule has 1 aliphatic heterocycles. The van der Waals surface area contributed by atoms with Crippen molar-refractivity contribution in [3.63, 3.8) is 0 Å². The predicted molar refractivity (Wildman–Crippen MR) is 82.9 cm³/mol. The lowest BCUT2D eigenvalue weighted by atomic mass is 9.91. The zero-order chi connectivity index (χ0) is 16.3. The van der Waals surface area contributed by atoms with Gasteiger partial charge in [0.15, 0.2) is 0 Å². The molecule has 0 aromatic heterocycles. The van der Waals surface area contributed by atoms with E-state index < -0.39 is 5.41 Å². The van der Waals surface area contributed by atoms with Crippen LogP contribution >= 0.6 is 0 Å². The maximum Gasteiger partial charge on any atom is 0.312 e. The highest BCUT2D eigenvalue weighted by atomic mass is 16.5. The number of rotatable bonds is 4. The van der Waals surface area contributed by atoms with Gasteiger partial charge in [-0.1, -0.05) is 20.8 Å². The molecule has 0 aromatic carbocycles. The summed E-state index contributed by atoms with van der Waals surface area (Å²) in [5.74, 6) is 0.0196. The van der Waals surface area contributed by atoms with Gasteiger partial charge in [0.25, 0.3) is 0 Å². The molecule has 0 unspecified atom stereocenters. The summed E-state index contributed by atoms with van der Waals surface area (Å²) in [5.41, 5.74) is -0.833. The topological polar surface area (TPSA) is 58.6 Å². The number of ether oxygens (including phenoxy) is 1. The lowest BCUT2D eigenvalue weighted by molar-refractivity contribution is -0.150. The number of amides is 1. The zero-order valence-electron chi connectivity index (χ0n) is 14.3. The van der Waals surface area contributed by atoms with E-state index in [1.807, 2.05) is 39.5 Å². The summed E-state index contributed by atoms with van der Waals surface area (Å²) in [6.07, 6.45) is 1.86. The average molecular weight is 298 g/mol. The van der Waals surface area contributed by atoms with Crippen molar-refractivity contribution in [1.29, 1.82) is 0 Å². The fraction of sp³-hybridized carbons (Fsp3) is 0.875. The highest BCUT2D eigenvalue weighted by Gasteiger charge is 2.32. The highest BCUT2D eigenvalue weighted by Crippen LogP contribution is 2.22. The molecule has 21 heavy (non-hydrogen) atoms. The minimum atomic E-state index is -0.521. The van der Waals surface area contributed by atoms with Crippen molar-refractivity contribution in [3.05, 3.63) is 0 Å². The molecule has 1 N–H and O–H groups in total. The van der Waals surface area contributed by atoms with Crippen molar-refractivity contribution in [2.45, 2.75) is 53.5 Å². The Kier molecular flexibility index (Phi) is 5.79. The fourth-order valence-corrected chi connectivity index (χ4v) is 2.51. The Morgan fingerprint density at radius 2 is 1.67 bits per heavy atom. The first-order chi connectivity index (χ1) is 9.58. The van der Waals surface area contributed by atoms with Crippen LogP contribution in [0.4, 0.5) is 0 Å². The van der Waals surface area contributed by atoms with Crippen molar-refractivity contribution >= 4 is 11.9 Å². The van der Waals surface area contributed by atoms with Crippen LogP contribution in [0.2, 0.25) is 0 Å². The van der Waals surface area contributed by atoms with Gasteiger partial charge >= 0.3 is 5.97 Å². The molecule has 5 heteroatoms. The van der Waals surface area contributed by atoms with Gasteiger partial charge in [0, 0.05) is 31.1 Å². The Bertz CT molecular complexity index is 377. The normalized spacial score (nSPS) is 17.7. The average Bonchev–Trinajstić information content (AvgIpc) is 2.43. The summed E-state index contributed by atoms with van der Waals surface area (Å²) < 4.78 is 4.81. The summed E-state index contributed by atoms with van der Waals surface area (Å²) in [6.45, 7) is 11.8. The summed E-state index contributed by atoms with van der Waals surface area (Å²) in [4.78, 5) is 25.8. The monoisotopic (exact) mass is 298 g/mol. The SMILES string of the molecule is COC(=O)C(C)(C)CNC1CCN(C(=O)C(C)(C)C)CC1. The third-order valence-electron chi connectivity index (χ3n) is 3.99. The van der Waals surface area contributed by atoms with Gasteiger partial charge in [-0.3, -0.25) is 9.59 Å². The Morgan fingerprint density at radius 1 is 1.14 bits per heavy atom. The second-order valence-corrected chi connectivity index (χ2v) is 7.57. The Labute approximate surface area is 128 Å². The van der Waals surface area contributed by atoms with Gasteiger partial charge in [-0.25, -0.2) is 0 Å². The molecule has 0 spiro atoms. The van der Waals surface area contributed by atoms with Gasteiger partial charge in [0.2, 0.25) is 5.91 Å². The lowest BCUT2D eigenvalue weighted by Crippen LogP contribution is -2.50. The molecule has 0 atom stereocenters. The van der Waals surface area contributed by atoms with E-state index in [1.165, 1.54) is 7.11 Å². The van der Waals surface area contributed by atoms with Gasteiger partial charge < -0.3 is 15.0 Å². The third-order valence-corrected chi connectivity index (χ3v) is 3.99. The lowest BCUT2D eigenvalue weighted by Gasteiger charge is -2.37. The molecule has 0 aliphatic carbocycles. The Balaban J connectivity index is 2.41. The first kappa shape index (κ1) is 18.0. The third kappa shape index (κ3) is 4.99. The summed E-state index contributed by atoms with van der Waals surface area (Å²) in [5, 5.41) is 3.44. The quantitative estimate of drug-likeness (QED) is 0.804. The molecule has 1 heterocycles. The molecule has 1 saturated heterocycles. The number of hydrogen-bond acceptors (Lipinski definition) is 4. The van der Waals surface area contributed by atoms with Crippen LogP contribution in [-0.2, 0) is 14.3 Å². The molecular weight excluding hydrogens is 268 g/mol. The molecule has 0 radical (unpaired) electrons. The number of nitrogens with one attached hydrogen (secondary N) is 1. The van der Waals surface area contributed by atoms with Crippen molar-refractivity contribution in [2.75, 3.05) is 26.7 Å². The zero-order valence-corrected chi connectivity index (χ0v) is 14.3. The Hall–Kier alpha value is -1.10. The van der Waals surface area contributed by atoms with E-state index in [0.717, 1.165) is 25.9 Å². The fourth-order valence-electron chi connectivity index (χ4n) is 2.51. The first-order valence-electron chi connectivity index (χ1n) is 7.69. The molecule has 5 nitrogen and oxygen atoms in total. The Morgan fingerprint density at radius 3 is 2.10 bits per heavy atom. The number of methoxy groups -OCH3 is 1. The van der Waals surface area contributed by atoms with Crippen molar-refractivity contribution in [3.8, 4) is 0 Å². The van der Waals surface area contributed by atoms with E-state index in [1.54, 1.807) is 0 Å². The standard InChI is InChI=1S/C16H30N2O3/c1-15(2,3)13(19)18-9-7-12(8-10-18)17-11-16(4,5)14(20)21-6/h12,17H,7-11H2,1-6H3. The number of hydrogen-bond donors (Lipinski definition) is 1. The maximum atomic E-state index is 12.2. The summed E-state index contributed by atoms with van der Waals surface area (Å²) in [6, 6.07) is 0.359. The highest BCUT2D eigenvalue weighted by molar-refractivity contribution is 5.81. The van der Waals surface area contributed by atoms with E-state index in [2.05, 4.69) is 5.32 Å². The van der Waals surface area contributed by atoms with E-state index in [4.69, 9.17) is 4.74 Å². The van der Waals surface area contributed by atoms with Crippen molar-refractivity contribution in [1.82, 2.24) is 10.2 Å². The molecule has 1 aliphatic rings. The predicted octanol–water partition coefficient (Wildman–Crippen LogP) is 1.81. The van der Waals surface area contributed by atoms with Crippen LogP contribution in [0.1, 0.15) is 47.5 Å². The smallest absolute Gasteiger partial charge is 0.312 e. The second-order valence-electron chi connectivity index (χ2n) is 7.57. The van der Waals surface area contributed by atoms with Crippen LogP contribution in [-0.4, -0.2) is 49.6 Å². The summed E-state index contributed by atoms with van der Waals surface area (Å²) in [7, 11) is 1.42. The minimum absolute atomic E-state index is 0.199. The van der Waals surface area contributed by atoms with Gasteiger partial charge in [0.05, 0.1) is 12.5 Å². The molecule has 0 bridgehead atoms. The van der Waals surface area contributed by atoms with E-state index in [0.29, 0.717) is 12.6 Å². The molecule has 1 rings (SSSR count). The van der Waals surface area contributed by atoms with Crippen LogP contribution in [0, 0.1) is 10.8 Å². The number of piperidine rings is 1. The van der Waals surface area contributed by atoms with Crippen LogP contribution in [0.15, 0.2) is 0 Å². The molecule has 0 aromatic rings. The number of carbonyl (C=O) groups is 2. The van der Waals surface area contributed by atoms with Gasteiger partial charge in [-0.15, -0.1) is 0 Å². The first-order valence-corrected chi connectivity index (χ1v) is 7.69. The van der Waals surface area contributed by atoms with E-state index in [9.17, 15) is 9.59 Å². The molecule has 1 amide bonds. The van der Waals surface area contributed by atoms with E-state index >= 15 is 0 Å². The number of likely N-dealkylation sites (tertiary alicyclic amines) is 1. The molecule has 1 fully saturated rings.